The Balaban J connectivity index is 2.16. The van der Waals surface area contributed by atoms with Gasteiger partial charge in [0.2, 0.25) is 0 Å². The lowest BCUT2D eigenvalue weighted by Crippen LogP contribution is -2.07. The van der Waals surface area contributed by atoms with Gasteiger partial charge >= 0.3 is 6.18 Å². The molecule has 0 bridgehead atoms. The van der Waals surface area contributed by atoms with E-state index in [0.717, 1.165) is 23.3 Å². The lowest BCUT2D eigenvalue weighted by atomic mass is 10.1. The van der Waals surface area contributed by atoms with E-state index in [1.54, 1.807) is 0 Å². The van der Waals surface area contributed by atoms with Crippen LogP contribution in [0, 0.1) is 6.92 Å². The zero-order valence-corrected chi connectivity index (χ0v) is 12.8. The van der Waals surface area contributed by atoms with Crippen LogP contribution in [0.15, 0.2) is 40.9 Å². The summed E-state index contributed by atoms with van der Waals surface area (Å²) in [4.78, 5) is 0. The maximum absolute atomic E-state index is 12.6. The van der Waals surface area contributed by atoms with Gasteiger partial charge in [0, 0.05) is 22.4 Å². The lowest BCUT2D eigenvalue weighted by Gasteiger charge is -2.13. The van der Waals surface area contributed by atoms with Crippen LogP contribution in [0.5, 0.6) is 0 Å². The maximum atomic E-state index is 12.6. The van der Waals surface area contributed by atoms with E-state index in [4.69, 9.17) is 5.73 Å². The predicted molar refractivity (Wildman–Crippen MR) is 82.1 cm³/mol. The SMILES string of the molecule is Cc1c(N)cccc1CNc1ccc(C(F)(F)F)cc1Br. The van der Waals surface area contributed by atoms with Crippen LogP contribution in [0.4, 0.5) is 24.5 Å². The Bertz CT molecular complexity index is 654. The summed E-state index contributed by atoms with van der Waals surface area (Å²) in [6.45, 7) is 2.40. The van der Waals surface area contributed by atoms with Crippen molar-refractivity contribution in [3.05, 3.63) is 57.6 Å². The fourth-order valence-electron chi connectivity index (χ4n) is 1.92. The number of hydrogen-bond acceptors (Lipinski definition) is 2. The largest absolute Gasteiger partial charge is 0.416 e. The minimum atomic E-state index is -4.34. The van der Waals surface area contributed by atoms with E-state index in [0.29, 0.717) is 22.4 Å². The molecule has 0 amide bonds. The minimum absolute atomic E-state index is 0.374. The molecule has 2 aromatic carbocycles. The van der Waals surface area contributed by atoms with Gasteiger partial charge in [-0.25, -0.2) is 0 Å². The Labute approximate surface area is 129 Å². The Hall–Kier alpha value is -1.69. The molecule has 0 aliphatic heterocycles. The van der Waals surface area contributed by atoms with Crippen LogP contribution in [-0.2, 0) is 12.7 Å². The molecule has 0 aliphatic carbocycles. The quantitative estimate of drug-likeness (QED) is 0.760. The van der Waals surface area contributed by atoms with Gasteiger partial charge in [-0.3, -0.25) is 0 Å². The molecule has 0 fully saturated rings. The second-order valence-electron chi connectivity index (χ2n) is 4.68. The van der Waals surface area contributed by atoms with Crippen LogP contribution in [0.1, 0.15) is 16.7 Å². The average Bonchev–Trinajstić information content (AvgIpc) is 2.40. The van der Waals surface area contributed by atoms with Crippen molar-refractivity contribution in [2.75, 3.05) is 11.1 Å². The van der Waals surface area contributed by atoms with Gasteiger partial charge in [-0.2, -0.15) is 13.2 Å². The van der Waals surface area contributed by atoms with Crippen molar-refractivity contribution in [3.8, 4) is 0 Å². The van der Waals surface area contributed by atoms with Gasteiger partial charge in [0.15, 0.2) is 0 Å². The normalized spacial score (nSPS) is 11.5. The molecule has 0 aromatic heterocycles. The van der Waals surface area contributed by atoms with Crippen LogP contribution in [0.25, 0.3) is 0 Å². The van der Waals surface area contributed by atoms with E-state index in [-0.39, 0.29) is 0 Å². The summed E-state index contributed by atoms with van der Waals surface area (Å²) in [6, 6.07) is 9.12. The molecular weight excluding hydrogens is 345 g/mol. The number of nitrogens with two attached hydrogens (primary N) is 1. The molecule has 0 saturated carbocycles. The smallest absolute Gasteiger partial charge is 0.399 e. The monoisotopic (exact) mass is 358 g/mol. The summed E-state index contributed by atoms with van der Waals surface area (Å²) >= 11 is 3.16. The molecular formula is C15H14BrF3N2. The third-order valence-corrected chi connectivity index (χ3v) is 3.91. The Morgan fingerprint density at radius 2 is 1.90 bits per heavy atom. The molecule has 0 spiro atoms. The molecule has 6 heteroatoms. The van der Waals surface area contributed by atoms with Crippen LogP contribution in [0.2, 0.25) is 0 Å². The van der Waals surface area contributed by atoms with Crippen molar-refractivity contribution in [1.29, 1.82) is 0 Å². The number of nitrogen functional groups attached to an aromatic ring is 1. The van der Waals surface area contributed by atoms with E-state index < -0.39 is 11.7 Å². The molecule has 0 saturated heterocycles. The highest BCUT2D eigenvalue weighted by atomic mass is 79.9. The number of benzene rings is 2. The average molecular weight is 359 g/mol. The molecule has 0 unspecified atom stereocenters. The van der Waals surface area contributed by atoms with Gasteiger partial charge < -0.3 is 11.1 Å². The highest BCUT2D eigenvalue weighted by Crippen LogP contribution is 2.34. The Morgan fingerprint density at radius 3 is 2.52 bits per heavy atom. The molecule has 21 heavy (non-hydrogen) atoms. The zero-order valence-electron chi connectivity index (χ0n) is 11.3. The van der Waals surface area contributed by atoms with Crippen molar-refractivity contribution in [2.45, 2.75) is 19.6 Å². The summed E-state index contributed by atoms with van der Waals surface area (Å²) in [5.74, 6) is 0. The molecule has 2 rings (SSSR count). The van der Waals surface area contributed by atoms with Gasteiger partial charge in [-0.05, 0) is 58.2 Å². The lowest BCUT2D eigenvalue weighted by molar-refractivity contribution is -0.137. The number of halogens is 4. The first-order chi connectivity index (χ1) is 9.79. The number of rotatable bonds is 3. The Kier molecular flexibility index (Phi) is 4.46. The first kappa shape index (κ1) is 15.7. The van der Waals surface area contributed by atoms with Crippen molar-refractivity contribution < 1.29 is 13.2 Å². The van der Waals surface area contributed by atoms with E-state index in [9.17, 15) is 13.2 Å². The summed E-state index contributed by atoms with van der Waals surface area (Å²) in [5.41, 5.74) is 8.41. The number of nitrogens with one attached hydrogen (secondary N) is 1. The van der Waals surface area contributed by atoms with Crippen LogP contribution in [0.3, 0.4) is 0 Å². The third kappa shape index (κ3) is 3.69. The van der Waals surface area contributed by atoms with Gasteiger partial charge in [0.05, 0.1) is 5.56 Å². The van der Waals surface area contributed by atoms with Crippen molar-refractivity contribution in [2.24, 2.45) is 0 Å². The van der Waals surface area contributed by atoms with E-state index in [1.807, 2.05) is 25.1 Å². The maximum Gasteiger partial charge on any atom is 0.416 e. The van der Waals surface area contributed by atoms with Crippen molar-refractivity contribution >= 4 is 27.3 Å². The molecule has 0 atom stereocenters. The summed E-state index contributed by atoms with van der Waals surface area (Å²) in [5, 5.41) is 3.11. The number of anilines is 2. The molecule has 112 valence electrons. The predicted octanol–water partition coefficient (Wildman–Crippen LogP) is 4.97. The molecule has 2 nitrogen and oxygen atoms in total. The van der Waals surface area contributed by atoms with Crippen molar-refractivity contribution in [3.63, 3.8) is 0 Å². The second kappa shape index (κ2) is 5.97. The van der Waals surface area contributed by atoms with E-state index in [1.165, 1.54) is 6.07 Å². The zero-order chi connectivity index (χ0) is 15.6. The standard InChI is InChI=1S/C15H14BrF3N2/c1-9-10(3-2-4-13(9)20)8-21-14-6-5-11(7-12(14)16)15(17,18)19/h2-7,21H,8,20H2,1H3. The molecule has 0 aliphatic rings. The highest BCUT2D eigenvalue weighted by Gasteiger charge is 2.30. The molecule has 0 radical (unpaired) electrons. The van der Waals surface area contributed by atoms with Crippen LogP contribution >= 0.6 is 15.9 Å². The van der Waals surface area contributed by atoms with Gasteiger partial charge in [0.25, 0.3) is 0 Å². The molecule has 2 aromatic rings. The summed E-state index contributed by atoms with van der Waals surface area (Å²) in [6.07, 6.45) is -4.34. The topological polar surface area (TPSA) is 38.0 Å². The van der Waals surface area contributed by atoms with Gasteiger partial charge in [0.1, 0.15) is 0 Å². The van der Waals surface area contributed by atoms with E-state index >= 15 is 0 Å². The fraction of sp³-hybridized carbons (Fsp3) is 0.200. The Morgan fingerprint density at radius 1 is 1.19 bits per heavy atom. The van der Waals surface area contributed by atoms with Gasteiger partial charge in [-0.1, -0.05) is 12.1 Å². The molecule has 0 heterocycles. The van der Waals surface area contributed by atoms with Crippen LogP contribution in [-0.4, -0.2) is 0 Å². The highest BCUT2D eigenvalue weighted by molar-refractivity contribution is 9.10. The molecule has 3 N–H and O–H groups in total. The third-order valence-electron chi connectivity index (χ3n) is 3.25. The van der Waals surface area contributed by atoms with Crippen LogP contribution < -0.4 is 11.1 Å². The van der Waals surface area contributed by atoms with E-state index in [2.05, 4.69) is 21.2 Å². The minimum Gasteiger partial charge on any atom is -0.399 e. The van der Waals surface area contributed by atoms with Crippen molar-refractivity contribution in [1.82, 2.24) is 0 Å². The first-order valence-corrected chi connectivity index (χ1v) is 7.03. The first-order valence-electron chi connectivity index (χ1n) is 6.23. The number of hydrogen-bond donors (Lipinski definition) is 2. The number of alkyl halides is 3. The second-order valence-corrected chi connectivity index (χ2v) is 5.53. The van der Waals surface area contributed by atoms with Gasteiger partial charge in [-0.15, -0.1) is 0 Å². The summed E-state index contributed by atoms with van der Waals surface area (Å²) in [7, 11) is 0. The summed E-state index contributed by atoms with van der Waals surface area (Å²) < 4.78 is 38.2. The fourth-order valence-corrected chi connectivity index (χ4v) is 2.44.